The smallest absolute Gasteiger partial charge is 0.251 e. The lowest BCUT2D eigenvalue weighted by Gasteiger charge is -2.53. The number of anilines is 1. The monoisotopic (exact) mass is 338 g/mol. The zero-order valence-electron chi connectivity index (χ0n) is 14.5. The first kappa shape index (κ1) is 15.4. The van der Waals surface area contributed by atoms with Crippen LogP contribution in [0.1, 0.15) is 55.3 Å². The number of benzene rings is 1. The largest absolute Gasteiger partial charge is 0.349 e. The van der Waals surface area contributed by atoms with E-state index in [9.17, 15) is 9.59 Å². The summed E-state index contributed by atoms with van der Waals surface area (Å²) in [6.45, 7) is 0. The maximum Gasteiger partial charge on any atom is 0.251 e. The summed E-state index contributed by atoms with van der Waals surface area (Å²) in [6, 6.07) is 7.72. The number of hydrogen-bond donors (Lipinski definition) is 2. The first-order chi connectivity index (χ1) is 12.2. The highest BCUT2D eigenvalue weighted by molar-refractivity contribution is 5.98. The summed E-state index contributed by atoms with van der Waals surface area (Å²) >= 11 is 0. The minimum Gasteiger partial charge on any atom is -0.349 e. The van der Waals surface area contributed by atoms with E-state index in [1.54, 1.807) is 0 Å². The van der Waals surface area contributed by atoms with Crippen LogP contribution in [0.2, 0.25) is 0 Å². The Morgan fingerprint density at radius 1 is 0.920 bits per heavy atom. The molecule has 4 heteroatoms. The second kappa shape index (κ2) is 5.86. The summed E-state index contributed by atoms with van der Waals surface area (Å²) in [5.41, 5.74) is 1.39. The third-order valence-electron chi connectivity index (χ3n) is 6.83. The van der Waals surface area contributed by atoms with Crippen molar-refractivity contribution in [2.75, 3.05) is 5.32 Å². The van der Waals surface area contributed by atoms with Crippen molar-refractivity contribution in [1.29, 1.82) is 0 Å². The fourth-order valence-electron chi connectivity index (χ4n) is 5.81. The van der Waals surface area contributed by atoms with Crippen molar-refractivity contribution >= 4 is 17.5 Å². The number of carbonyl (C=O) groups excluding carboxylic acids is 2. The summed E-state index contributed by atoms with van der Waals surface area (Å²) in [5.74, 6) is 3.23. The molecule has 5 saturated carbocycles. The maximum atomic E-state index is 13.0. The summed E-state index contributed by atoms with van der Waals surface area (Å²) in [6.07, 6.45) is 8.54. The van der Waals surface area contributed by atoms with Crippen molar-refractivity contribution in [2.24, 2.45) is 29.6 Å². The molecule has 132 valence electrons. The average Bonchev–Trinajstić information content (AvgIpc) is 3.38. The second-order valence-electron chi connectivity index (χ2n) is 8.77. The summed E-state index contributed by atoms with van der Waals surface area (Å²) in [4.78, 5) is 25.2. The van der Waals surface area contributed by atoms with E-state index in [-0.39, 0.29) is 17.7 Å². The van der Waals surface area contributed by atoms with Crippen molar-refractivity contribution in [1.82, 2.24) is 5.32 Å². The van der Waals surface area contributed by atoms with Crippen molar-refractivity contribution in [3.05, 3.63) is 29.8 Å². The van der Waals surface area contributed by atoms with E-state index in [4.69, 9.17) is 0 Å². The van der Waals surface area contributed by atoms with Crippen molar-refractivity contribution in [3.63, 3.8) is 0 Å². The van der Waals surface area contributed by atoms with E-state index in [1.807, 2.05) is 24.3 Å². The number of carbonyl (C=O) groups is 2. The van der Waals surface area contributed by atoms with Gasteiger partial charge in [-0.05, 0) is 86.8 Å². The normalized spacial score (nSPS) is 35.4. The van der Waals surface area contributed by atoms with E-state index in [0.29, 0.717) is 23.4 Å². The van der Waals surface area contributed by atoms with Crippen LogP contribution in [0.4, 0.5) is 5.69 Å². The summed E-state index contributed by atoms with van der Waals surface area (Å²) < 4.78 is 0. The van der Waals surface area contributed by atoms with Crippen LogP contribution < -0.4 is 10.6 Å². The Hall–Kier alpha value is -1.84. The predicted molar refractivity (Wildman–Crippen MR) is 96.1 cm³/mol. The van der Waals surface area contributed by atoms with Gasteiger partial charge in [0.15, 0.2) is 0 Å². The van der Waals surface area contributed by atoms with Crippen molar-refractivity contribution in [2.45, 2.75) is 51.0 Å². The van der Waals surface area contributed by atoms with Crippen LogP contribution in [0.25, 0.3) is 0 Å². The Morgan fingerprint density at radius 2 is 1.60 bits per heavy atom. The lowest BCUT2D eigenvalue weighted by atomic mass is 9.51. The molecule has 25 heavy (non-hydrogen) atoms. The summed E-state index contributed by atoms with van der Waals surface area (Å²) in [7, 11) is 0. The van der Waals surface area contributed by atoms with E-state index in [0.717, 1.165) is 30.4 Å². The molecule has 5 aliphatic rings. The molecule has 2 amide bonds. The molecule has 5 aliphatic carbocycles. The highest BCUT2D eigenvalue weighted by Crippen LogP contribution is 2.56. The highest BCUT2D eigenvalue weighted by Gasteiger charge is 2.50. The second-order valence-corrected chi connectivity index (χ2v) is 8.77. The SMILES string of the molecule is O=C(NC1CC1)c1cccc(NC(=O)C2C3CC4CC(C3)CC2C4)c1. The Morgan fingerprint density at radius 3 is 2.24 bits per heavy atom. The molecule has 4 nitrogen and oxygen atoms in total. The molecule has 2 N–H and O–H groups in total. The molecule has 0 aliphatic heterocycles. The highest BCUT2D eigenvalue weighted by atomic mass is 16.2. The van der Waals surface area contributed by atoms with Crippen LogP contribution in [0.5, 0.6) is 0 Å². The lowest BCUT2D eigenvalue weighted by Crippen LogP contribution is -2.49. The fraction of sp³-hybridized carbons (Fsp3) is 0.619. The van der Waals surface area contributed by atoms with Gasteiger partial charge in [0.1, 0.15) is 0 Å². The van der Waals surface area contributed by atoms with Crippen molar-refractivity contribution < 1.29 is 9.59 Å². The topological polar surface area (TPSA) is 58.2 Å². The van der Waals surface area contributed by atoms with Crippen LogP contribution in [0.15, 0.2) is 24.3 Å². The first-order valence-corrected chi connectivity index (χ1v) is 9.87. The van der Waals surface area contributed by atoms with Crippen LogP contribution in [0, 0.1) is 29.6 Å². The molecule has 0 heterocycles. The number of rotatable bonds is 4. The average molecular weight is 338 g/mol. The fourth-order valence-corrected chi connectivity index (χ4v) is 5.81. The molecular formula is C21H26N2O2. The van der Waals surface area contributed by atoms with Gasteiger partial charge in [-0.1, -0.05) is 6.07 Å². The zero-order valence-corrected chi connectivity index (χ0v) is 14.5. The minimum absolute atomic E-state index is 0.0341. The zero-order chi connectivity index (χ0) is 17.0. The van der Waals surface area contributed by atoms with Gasteiger partial charge in [-0.15, -0.1) is 0 Å². The van der Waals surface area contributed by atoms with Crippen molar-refractivity contribution in [3.8, 4) is 0 Å². The molecule has 4 bridgehead atoms. The molecule has 1 aromatic rings. The molecule has 5 fully saturated rings. The Labute approximate surface area is 148 Å². The Balaban J connectivity index is 1.28. The van der Waals surface area contributed by atoms with Crippen LogP contribution >= 0.6 is 0 Å². The molecule has 0 atom stereocenters. The van der Waals surface area contributed by atoms with Gasteiger partial charge in [0.25, 0.3) is 5.91 Å². The van der Waals surface area contributed by atoms with E-state index >= 15 is 0 Å². The van der Waals surface area contributed by atoms with Gasteiger partial charge in [-0.25, -0.2) is 0 Å². The maximum absolute atomic E-state index is 13.0. The Bertz CT molecular complexity index is 682. The third-order valence-corrected chi connectivity index (χ3v) is 6.83. The molecule has 0 saturated heterocycles. The third kappa shape index (κ3) is 2.96. The van der Waals surface area contributed by atoms with Gasteiger partial charge in [0.2, 0.25) is 5.91 Å². The van der Waals surface area contributed by atoms with E-state index < -0.39 is 0 Å². The number of nitrogens with one attached hydrogen (secondary N) is 2. The molecule has 0 unspecified atom stereocenters. The first-order valence-electron chi connectivity index (χ1n) is 9.87. The number of amides is 2. The van der Waals surface area contributed by atoms with Gasteiger partial charge < -0.3 is 10.6 Å². The lowest BCUT2D eigenvalue weighted by molar-refractivity contribution is -0.132. The molecule has 6 rings (SSSR count). The molecule has 0 aromatic heterocycles. The predicted octanol–water partition coefficient (Wildman–Crippen LogP) is 3.59. The van der Waals surface area contributed by atoms with Gasteiger partial charge in [0.05, 0.1) is 0 Å². The van der Waals surface area contributed by atoms with Gasteiger partial charge >= 0.3 is 0 Å². The van der Waals surface area contributed by atoms with Gasteiger partial charge in [0, 0.05) is 23.2 Å². The minimum atomic E-state index is -0.0341. The van der Waals surface area contributed by atoms with Crippen LogP contribution in [-0.2, 0) is 4.79 Å². The van der Waals surface area contributed by atoms with E-state index in [1.165, 1.54) is 32.1 Å². The van der Waals surface area contributed by atoms with Crippen LogP contribution in [0.3, 0.4) is 0 Å². The quantitative estimate of drug-likeness (QED) is 0.881. The summed E-state index contributed by atoms with van der Waals surface area (Å²) in [5, 5.41) is 6.12. The molecular weight excluding hydrogens is 312 g/mol. The molecule has 1 aromatic carbocycles. The van der Waals surface area contributed by atoms with Gasteiger partial charge in [-0.2, -0.15) is 0 Å². The Kier molecular flexibility index (Phi) is 3.61. The standard InChI is InChI=1S/C21H26N2O2/c24-20(22-17-4-5-17)14-2-1-3-18(11-14)23-21(25)19-15-7-12-6-13(9-15)10-16(19)8-12/h1-3,11-13,15-17,19H,4-10H2,(H,22,24)(H,23,25). The van der Waals surface area contributed by atoms with Crippen LogP contribution in [-0.4, -0.2) is 17.9 Å². The van der Waals surface area contributed by atoms with Gasteiger partial charge in [-0.3, -0.25) is 9.59 Å². The molecule has 0 radical (unpaired) electrons. The number of hydrogen-bond acceptors (Lipinski definition) is 2. The molecule has 0 spiro atoms. The van der Waals surface area contributed by atoms with E-state index in [2.05, 4.69) is 10.6 Å².